The van der Waals surface area contributed by atoms with E-state index in [-0.39, 0.29) is 11.9 Å². The molecule has 0 spiro atoms. The topological polar surface area (TPSA) is 38.3 Å². The van der Waals surface area contributed by atoms with Crippen molar-refractivity contribution in [3.8, 4) is 0 Å². The van der Waals surface area contributed by atoms with E-state index < -0.39 is 0 Å². The first-order valence-corrected chi connectivity index (χ1v) is 7.96. The minimum absolute atomic E-state index is 0.0930. The first kappa shape index (κ1) is 14.3. The van der Waals surface area contributed by atoms with E-state index in [2.05, 4.69) is 21.2 Å². The fourth-order valence-electron chi connectivity index (χ4n) is 1.83. The smallest absolute Gasteiger partial charge is 0.220 e. The molecule has 0 aromatic carbocycles. The monoisotopic (exact) mass is 309 g/mol. The summed E-state index contributed by atoms with van der Waals surface area (Å²) in [6, 6.07) is 0.0930. The number of carbonyl (C=O) groups is 1. The zero-order valence-corrected chi connectivity index (χ0v) is 12.1. The SMILES string of the molecule is COCC(CBr)NC(=O)CC1CCSCC1. The second-order valence-electron chi connectivity index (χ2n) is 4.13. The van der Waals surface area contributed by atoms with E-state index in [1.165, 1.54) is 24.3 Å². The maximum atomic E-state index is 11.8. The van der Waals surface area contributed by atoms with Crippen LogP contribution in [0.5, 0.6) is 0 Å². The molecule has 1 fully saturated rings. The highest BCUT2D eigenvalue weighted by Crippen LogP contribution is 2.25. The molecular weight excluding hydrogens is 290 g/mol. The zero-order chi connectivity index (χ0) is 11.8. The molecule has 1 aliphatic heterocycles. The Morgan fingerprint density at radius 2 is 2.25 bits per heavy atom. The predicted molar refractivity (Wildman–Crippen MR) is 72.3 cm³/mol. The Labute approximate surface area is 110 Å². The number of rotatable bonds is 6. The average Bonchev–Trinajstić information content (AvgIpc) is 2.29. The van der Waals surface area contributed by atoms with Gasteiger partial charge in [0.2, 0.25) is 5.91 Å². The largest absolute Gasteiger partial charge is 0.383 e. The summed E-state index contributed by atoms with van der Waals surface area (Å²) in [5.41, 5.74) is 0. The van der Waals surface area contributed by atoms with Gasteiger partial charge in [-0.25, -0.2) is 0 Å². The number of halogens is 1. The van der Waals surface area contributed by atoms with Crippen molar-refractivity contribution >= 4 is 33.6 Å². The number of hydrogen-bond acceptors (Lipinski definition) is 3. The third-order valence-corrected chi connectivity index (χ3v) is 4.56. The second-order valence-corrected chi connectivity index (χ2v) is 6.01. The summed E-state index contributed by atoms with van der Waals surface area (Å²) in [5.74, 6) is 3.16. The summed E-state index contributed by atoms with van der Waals surface area (Å²) in [7, 11) is 1.65. The highest BCUT2D eigenvalue weighted by molar-refractivity contribution is 9.09. The molecule has 16 heavy (non-hydrogen) atoms. The minimum atomic E-state index is 0.0930. The lowest BCUT2D eigenvalue weighted by molar-refractivity contribution is -0.123. The van der Waals surface area contributed by atoms with Gasteiger partial charge in [-0.05, 0) is 30.3 Å². The predicted octanol–water partition coefficient (Wildman–Crippen LogP) is 2.05. The number of ether oxygens (including phenoxy) is 1. The summed E-state index contributed by atoms with van der Waals surface area (Å²) in [4.78, 5) is 11.8. The molecule has 1 unspecified atom stereocenters. The van der Waals surface area contributed by atoms with Gasteiger partial charge in [0.05, 0.1) is 12.6 Å². The lowest BCUT2D eigenvalue weighted by Crippen LogP contribution is -2.40. The van der Waals surface area contributed by atoms with Gasteiger partial charge in [-0.15, -0.1) is 0 Å². The number of methoxy groups -OCH3 is 1. The molecule has 0 radical (unpaired) electrons. The summed E-state index contributed by atoms with van der Waals surface area (Å²) in [6.45, 7) is 0.567. The number of carbonyl (C=O) groups excluding carboxylic acids is 1. The van der Waals surface area contributed by atoms with E-state index in [4.69, 9.17) is 4.74 Å². The molecule has 1 saturated heterocycles. The molecular formula is C11H20BrNO2S. The van der Waals surface area contributed by atoms with Crippen molar-refractivity contribution in [2.45, 2.75) is 25.3 Å². The number of thioether (sulfide) groups is 1. The highest BCUT2D eigenvalue weighted by Gasteiger charge is 2.18. The van der Waals surface area contributed by atoms with Gasteiger partial charge in [-0.2, -0.15) is 11.8 Å². The maximum absolute atomic E-state index is 11.8. The Balaban J connectivity index is 2.22. The molecule has 0 saturated carbocycles. The van der Waals surface area contributed by atoms with E-state index in [1.807, 2.05) is 11.8 Å². The molecule has 1 rings (SSSR count). The number of hydrogen-bond donors (Lipinski definition) is 1. The molecule has 5 heteroatoms. The molecule has 1 atom stereocenters. The maximum Gasteiger partial charge on any atom is 0.220 e. The van der Waals surface area contributed by atoms with Crippen LogP contribution in [-0.2, 0) is 9.53 Å². The van der Waals surface area contributed by atoms with Crippen LogP contribution in [0.25, 0.3) is 0 Å². The summed E-state index contributed by atoms with van der Waals surface area (Å²) in [5, 5.41) is 3.74. The van der Waals surface area contributed by atoms with Crippen LogP contribution in [0.3, 0.4) is 0 Å². The lowest BCUT2D eigenvalue weighted by atomic mass is 9.98. The molecule has 1 amide bonds. The molecule has 0 bridgehead atoms. The zero-order valence-electron chi connectivity index (χ0n) is 9.71. The van der Waals surface area contributed by atoms with E-state index in [1.54, 1.807) is 7.11 Å². The molecule has 3 nitrogen and oxygen atoms in total. The van der Waals surface area contributed by atoms with E-state index >= 15 is 0 Å². The fraction of sp³-hybridized carbons (Fsp3) is 0.909. The van der Waals surface area contributed by atoms with Crippen molar-refractivity contribution in [2.75, 3.05) is 30.6 Å². The van der Waals surface area contributed by atoms with Crippen LogP contribution in [0.2, 0.25) is 0 Å². The van der Waals surface area contributed by atoms with Crippen LogP contribution < -0.4 is 5.32 Å². The van der Waals surface area contributed by atoms with Crippen LogP contribution >= 0.6 is 27.7 Å². The summed E-state index contributed by atoms with van der Waals surface area (Å²) in [6.07, 6.45) is 3.04. The number of alkyl halides is 1. The normalized spacial score (nSPS) is 19.4. The minimum Gasteiger partial charge on any atom is -0.383 e. The molecule has 1 aliphatic rings. The van der Waals surface area contributed by atoms with Gasteiger partial charge in [-0.1, -0.05) is 15.9 Å². The van der Waals surface area contributed by atoms with Crippen molar-refractivity contribution in [3.63, 3.8) is 0 Å². The third kappa shape index (κ3) is 5.55. The first-order chi connectivity index (χ1) is 7.76. The van der Waals surface area contributed by atoms with Gasteiger partial charge >= 0.3 is 0 Å². The highest BCUT2D eigenvalue weighted by atomic mass is 79.9. The van der Waals surface area contributed by atoms with E-state index in [0.29, 0.717) is 18.9 Å². The van der Waals surface area contributed by atoms with Gasteiger partial charge in [-0.3, -0.25) is 4.79 Å². The van der Waals surface area contributed by atoms with Gasteiger partial charge in [0.15, 0.2) is 0 Å². The lowest BCUT2D eigenvalue weighted by Gasteiger charge is -2.22. The van der Waals surface area contributed by atoms with Crippen LogP contribution in [0.4, 0.5) is 0 Å². The van der Waals surface area contributed by atoms with Gasteiger partial charge < -0.3 is 10.1 Å². The number of amides is 1. The Morgan fingerprint density at radius 3 is 2.81 bits per heavy atom. The van der Waals surface area contributed by atoms with E-state index in [0.717, 1.165) is 5.33 Å². The average molecular weight is 310 g/mol. The standard InChI is InChI=1S/C11H20BrNO2S/c1-15-8-10(7-12)13-11(14)6-9-2-4-16-5-3-9/h9-10H,2-8H2,1H3,(H,13,14). The molecule has 0 aromatic heterocycles. The van der Waals surface area contributed by atoms with Crippen molar-refractivity contribution in [1.29, 1.82) is 0 Å². The van der Waals surface area contributed by atoms with Crippen molar-refractivity contribution in [1.82, 2.24) is 5.32 Å². The molecule has 1 heterocycles. The Bertz CT molecular complexity index is 201. The summed E-state index contributed by atoms with van der Waals surface area (Å²) >= 11 is 5.37. The van der Waals surface area contributed by atoms with Crippen molar-refractivity contribution in [2.24, 2.45) is 5.92 Å². The van der Waals surface area contributed by atoms with Crippen LogP contribution in [0.1, 0.15) is 19.3 Å². The van der Waals surface area contributed by atoms with Crippen molar-refractivity contribution < 1.29 is 9.53 Å². The molecule has 94 valence electrons. The van der Waals surface area contributed by atoms with Crippen LogP contribution in [0, 0.1) is 5.92 Å². The van der Waals surface area contributed by atoms with Crippen LogP contribution in [-0.4, -0.2) is 42.5 Å². The third-order valence-electron chi connectivity index (χ3n) is 2.73. The van der Waals surface area contributed by atoms with Gasteiger partial charge in [0.1, 0.15) is 0 Å². The first-order valence-electron chi connectivity index (χ1n) is 5.68. The fourth-order valence-corrected chi connectivity index (χ4v) is 3.38. The molecule has 0 aliphatic carbocycles. The summed E-state index contributed by atoms with van der Waals surface area (Å²) < 4.78 is 5.04. The van der Waals surface area contributed by atoms with Crippen LogP contribution in [0.15, 0.2) is 0 Å². The molecule has 0 aromatic rings. The van der Waals surface area contributed by atoms with Crippen molar-refractivity contribution in [3.05, 3.63) is 0 Å². The Kier molecular flexibility index (Phi) is 7.49. The Hall–Kier alpha value is 0.260. The van der Waals surface area contributed by atoms with Gasteiger partial charge in [0.25, 0.3) is 0 Å². The second kappa shape index (κ2) is 8.37. The van der Waals surface area contributed by atoms with Gasteiger partial charge in [0, 0.05) is 18.9 Å². The quantitative estimate of drug-likeness (QED) is 0.763. The number of nitrogens with one attached hydrogen (secondary N) is 1. The molecule has 1 N–H and O–H groups in total. The van der Waals surface area contributed by atoms with E-state index in [9.17, 15) is 4.79 Å². The Morgan fingerprint density at radius 1 is 1.56 bits per heavy atom.